The predicted molar refractivity (Wildman–Crippen MR) is 80.6 cm³/mol. The molecule has 0 unspecified atom stereocenters. The zero-order valence-electron chi connectivity index (χ0n) is 12.3. The van der Waals surface area contributed by atoms with Gasteiger partial charge in [0.05, 0.1) is 0 Å². The van der Waals surface area contributed by atoms with Gasteiger partial charge in [0.2, 0.25) is 0 Å². The Labute approximate surface area is 119 Å². The fraction of sp³-hybridized carbons (Fsp3) is 0.500. The minimum Gasteiger partial charge on any atom is -0.383 e. The van der Waals surface area contributed by atoms with Gasteiger partial charge >= 0.3 is 0 Å². The predicted octanol–water partition coefficient (Wildman–Crippen LogP) is 1.71. The lowest BCUT2D eigenvalue weighted by Crippen LogP contribution is -2.13. The Balaban J connectivity index is 2.03. The van der Waals surface area contributed by atoms with E-state index in [9.17, 15) is 0 Å². The van der Waals surface area contributed by atoms with Gasteiger partial charge in [0.25, 0.3) is 0 Å². The Hall–Kier alpha value is -2.11. The van der Waals surface area contributed by atoms with Crippen LogP contribution in [-0.4, -0.2) is 26.3 Å². The fourth-order valence-corrected chi connectivity index (χ4v) is 2.05. The van der Waals surface area contributed by atoms with Gasteiger partial charge in [-0.2, -0.15) is 5.10 Å². The van der Waals surface area contributed by atoms with Gasteiger partial charge in [-0.15, -0.1) is 0 Å². The summed E-state index contributed by atoms with van der Waals surface area (Å²) in [4.78, 5) is 8.85. The van der Waals surface area contributed by atoms with E-state index in [4.69, 9.17) is 5.73 Å². The summed E-state index contributed by atoms with van der Waals surface area (Å²) in [6.07, 6.45) is 4.56. The number of nitrogens with one attached hydrogen (secondary N) is 1. The summed E-state index contributed by atoms with van der Waals surface area (Å²) < 4.78 is 1.88. The Morgan fingerprint density at radius 1 is 1.30 bits per heavy atom. The first-order valence-corrected chi connectivity index (χ1v) is 6.95. The largest absolute Gasteiger partial charge is 0.383 e. The van der Waals surface area contributed by atoms with Crippen LogP contribution in [0.2, 0.25) is 0 Å². The number of rotatable bonds is 6. The molecule has 20 heavy (non-hydrogen) atoms. The highest BCUT2D eigenvalue weighted by Crippen LogP contribution is 2.17. The summed E-state index contributed by atoms with van der Waals surface area (Å²) in [6, 6.07) is 2.02. The third-order valence-corrected chi connectivity index (χ3v) is 3.30. The van der Waals surface area contributed by atoms with Crippen molar-refractivity contribution in [2.24, 2.45) is 7.05 Å². The van der Waals surface area contributed by atoms with Crippen molar-refractivity contribution >= 4 is 11.6 Å². The molecular formula is C14H22N6. The van der Waals surface area contributed by atoms with E-state index >= 15 is 0 Å². The van der Waals surface area contributed by atoms with Gasteiger partial charge in [0.15, 0.2) is 0 Å². The van der Waals surface area contributed by atoms with Crippen LogP contribution in [0.25, 0.3) is 0 Å². The second-order valence-electron chi connectivity index (χ2n) is 4.87. The highest BCUT2D eigenvalue weighted by Gasteiger charge is 2.08. The van der Waals surface area contributed by atoms with Crippen molar-refractivity contribution in [2.45, 2.75) is 33.1 Å². The molecule has 0 fully saturated rings. The molecule has 0 aliphatic heterocycles. The number of nitrogen functional groups attached to an aromatic ring is 1. The standard InChI is InChI=1S/C14H22N6/c1-4-5-12-18-13(15)10(2)14(19-12)16-8-6-11-7-9-17-20(11)3/h7,9H,4-6,8H2,1-3H3,(H3,15,16,18,19). The van der Waals surface area contributed by atoms with Crippen LogP contribution in [-0.2, 0) is 19.9 Å². The van der Waals surface area contributed by atoms with E-state index in [1.165, 1.54) is 5.69 Å². The Morgan fingerprint density at radius 2 is 2.10 bits per heavy atom. The average Bonchev–Trinajstić information content (AvgIpc) is 2.81. The number of aryl methyl sites for hydroxylation is 2. The summed E-state index contributed by atoms with van der Waals surface area (Å²) in [7, 11) is 1.95. The molecule has 6 nitrogen and oxygen atoms in total. The maximum Gasteiger partial charge on any atom is 0.134 e. The van der Waals surface area contributed by atoms with Gasteiger partial charge in [-0.3, -0.25) is 4.68 Å². The fourth-order valence-electron chi connectivity index (χ4n) is 2.05. The molecule has 3 N–H and O–H groups in total. The molecular weight excluding hydrogens is 252 g/mol. The highest BCUT2D eigenvalue weighted by atomic mass is 15.3. The Kier molecular flexibility index (Phi) is 4.55. The van der Waals surface area contributed by atoms with Gasteiger partial charge in [0.1, 0.15) is 17.5 Å². The third kappa shape index (κ3) is 3.26. The van der Waals surface area contributed by atoms with Crippen molar-refractivity contribution in [3.63, 3.8) is 0 Å². The van der Waals surface area contributed by atoms with Crippen LogP contribution >= 0.6 is 0 Å². The first-order valence-electron chi connectivity index (χ1n) is 6.95. The molecule has 2 aromatic heterocycles. The van der Waals surface area contributed by atoms with E-state index in [2.05, 4.69) is 27.3 Å². The van der Waals surface area contributed by atoms with Crippen LogP contribution in [0.4, 0.5) is 11.6 Å². The van der Waals surface area contributed by atoms with Crippen molar-refractivity contribution in [1.82, 2.24) is 19.7 Å². The van der Waals surface area contributed by atoms with Gasteiger partial charge in [-0.05, 0) is 19.4 Å². The lowest BCUT2D eigenvalue weighted by Gasteiger charge is -2.12. The molecule has 0 saturated carbocycles. The lowest BCUT2D eigenvalue weighted by atomic mass is 10.2. The monoisotopic (exact) mass is 274 g/mol. The molecule has 2 heterocycles. The van der Waals surface area contributed by atoms with Crippen molar-refractivity contribution in [3.8, 4) is 0 Å². The summed E-state index contributed by atoms with van der Waals surface area (Å²) in [6.45, 7) is 4.84. The highest BCUT2D eigenvalue weighted by molar-refractivity contribution is 5.54. The van der Waals surface area contributed by atoms with Crippen LogP contribution in [0.15, 0.2) is 12.3 Å². The summed E-state index contributed by atoms with van der Waals surface area (Å²) in [5, 5.41) is 7.50. The quantitative estimate of drug-likeness (QED) is 0.838. The molecule has 0 radical (unpaired) electrons. The minimum absolute atomic E-state index is 0.562. The molecule has 0 aliphatic rings. The molecule has 2 rings (SSSR count). The van der Waals surface area contributed by atoms with E-state index in [1.54, 1.807) is 0 Å². The van der Waals surface area contributed by atoms with E-state index in [0.717, 1.165) is 43.0 Å². The molecule has 0 amide bonds. The molecule has 0 atom stereocenters. The summed E-state index contributed by atoms with van der Waals surface area (Å²) >= 11 is 0. The maximum absolute atomic E-state index is 5.94. The molecule has 108 valence electrons. The molecule has 0 aromatic carbocycles. The number of aromatic nitrogens is 4. The zero-order chi connectivity index (χ0) is 14.5. The van der Waals surface area contributed by atoms with Crippen LogP contribution in [0.3, 0.4) is 0 Å². The van der Waals surface area contributed by atoms with E-state index in [1.807, 2.05) is 30.9 Å². The first kappa shape index (κ1) is 14.3. The normalized spacial score (nSPS) is 10.8. The van der Waals surface area contributed by atoms with Gasteiger partial charge in [0, 0.05) is 43.9 Å². The van der Waals surface area contributed by atoms with Crippen molar-refractivity contribution < 1.29 is 0 Å². The number of nitrogens with two attached hydrogens (primary N) is 1. The molecule has 0 aliphatic carbocycles. The molecule has 2 aromatic rings. The smallest absolute Gasteiger partial charge is 0.134 e. The van der Waals surface area contributed by atoms with Gasteiger partial charge < -0.3 is 11.1 Å². The number of hydrogen-bond donors (Lipinski definition) is 2. The van der Waals surface area contributed by atoms with E-state index < -0.39 is 0 Å². The molecule has 0 saturated heterocycles. The molecule has 0 bridgehead atoms. The summed E-state index contributed by atoms with van der Waals surface area (Å²) in [5.74, 6) is 2.20. The van der Waals surface area contributed by atoms with Crippen molar-refractivity contribution in [1.29, 1.82) is 0 Å². The second-order valence-corrected chi connectivity index (χ2v) is 4.87. The molecule has 6 heteroatoms. The Bertz CT molecular complexity index is 575. The third-order valence-electron chi connectivity index (χ3n) is 3.30. The lowest BCUT2D eigenvalue weighted by molar-refractivity contribution is 0.710. The van der Waals surface area contributed by atoms with Crippen molar-refractivity contribution in [2.75, 3.05) is 17.6 Å². The van der Waals surface area contributed by atoms with Crippen LogP contribution in [0.1, 0.15) is 30.4 Å². The topological polar surface area (TPSA) is 81.6 Å². The number of nitrogens with zero attached hydrogens (tertiary/aromatic N) is 4. The SMILES string of the molecule is CCCc1nc(N)c(C)c(NCCc2ccnn2C)n1. The zero-order valence-corrected chi connectivity index (χ0v) is 12.3. The van der Waals surface area contributed by atoms with Crippen molar-refractivity contribution in [3.05, 3.63) is 29.3 Å². The molecule has 0 spiro atoms. The number of anilines is 2. The Morgan fingerprint density at radius 3 is 2.75 bits per heavy atom. The second kappa shape index (κ2) is 6.36. The average molecular weight is 274 g/mol. The maximum atomic E-state index is 5.94. The number of hydrogen-bond acceptors (Lipinski definition) is 5. The first-order chi connectivity index (χ1) is 9.61. The van der Waals surface area contributed by atoms with Crippen LogP contribution in [0.5, 0.6) is 0 Å². The van der Waals surface area contributed by atoms with E-state index in [0.29, 0.717) is 5.82 Å². The van der Waals surface area contributed by atoms with Gasteiger partial charge in [-0.1, -0.05) is 6.92 Å². The minimum atomic E-state index is 0.562. The summed E-state index contributed by atoms with van der Waals surface area (Å²) in [5.41, 5.74) is 8.03. The van der Waals surface area contributed by atoms with E-state index in [-0.39, 0.29) is 0 Å². The van der Waals surface area contributed by atoms with Crippen LogP contribution < -0.4 is 11.1 Å². The van der Waals surface area contributed by atoms with Gasteiger partial charge in [-0.25, -0.2) is 9.97 Å². The van der Waals surface area contributed by atoms with Crippen LogP contribution in [0, 0.1) is 6.92 Å².